The van der Waals surface area contributed by atoms with Crippen LogP contribution in [0.5, 0.6) is 11.5 Å². The standard InChI is InChI=1S/C26H20Cl2N2O3/c1-26(2,3)33-25(31)30-22-12-16(15-29)4-5-18(22)13-23(30)17-6-9-20(10-7-17)32-24-11-8-19(27)14-21(24)28/h4-14H,1-3H3. The number of hydrogen-bond acceptors (Lipinski definition) is 4. The Morgan fingerprint density at radius 3 is 2.33 bits per heavy atom. The predicted molar refractivity (Wildman–Crippen MR) is 130 cm³/mol. The number of carbonyl (C=O) groups excluding carboxylic acids is 1. The first-order chi connectivity index (χ1) is 15.6. The van der Waals surface area contributed by atoms with Gasteiger partial charge in [0.05, 0.1) is 27.9 Å². The van der Waals surface area contributed by atoms with Crippen molar-refractivity contribution in [1.82, 2.24) is 4.57 Å². The highest BCUT2D eigenvalue weighted by atomic mass is 35.5. The molecule has 4 aromatic rings. The maximum Gasteiger partial charge on any atom is 0.419 e. The molecule has 0 aliphatic carbocycles. The molecule has 0 radical (unpaired) electrons. The van der Waals surface area contributed by atoms with Gasteiger partial charge >= 0.3 is 6.09 Å². The van der Waals surface area contributed by atoms with Crippen LogP contribution in [0.4, 0.5) is 4.79 Å². The summed E-state index contributed by atoms with van der Waals surface area (Å²) < 4.78 is 13.0. The molecule has 3 aromatic carbocycles. The second-order valence-corrected chi connectivity index (χ2v) is 9.28. The summed E-state index contributed by atoms with van der Waals surface area (Å²) in [5.41, 5.74) is 1.82. The van der Waals surface area contributed by atoms with Crippen LogP contribution in [0.3, 0.4) is 0 Å². The fraction of sp³-hybridized carbons (Fsp3) is 0.154. The van der Waals surface area contributed by atoms with E-state index in [4.69, 9.17) is 32.7 Å². The van der Waals surface area contributed by atoms with E-state index >= 15 is 0 Å². The average molecular weight is 479 g/mol. The Balaban J connectivity index is 1.74. The van der Waals surface area contributed by atoms with Gasteiger partial charge in [-0.05, 0) is 87.0 Å². The van der Waals surface area contributed by atoms with Gasteiger partial charge in [0.15, 0.2) is 0 Å². The number of fused-ring (bicyclic) bond motifs is 1. The molecule has 4 rings (SSSR count). The van der Waals surface area contributed by atoms with Gasteiger partial charge in [0.2, 0.25) is 0 Å². The summed E-state index contributed by atoms with van der Waals surface area (Å²) in [4.78, 5) is 13.1. The van der Waals surface area contributed by atoms with Gasteiger partial charge in [-0.3, -0.25) is 0 Å². The summed E-state index contributed by atoms with van der Waals surface area (Å²) in [5, 5.41) is 11.1. The number of ether oxygens (including phenoxy) is 2. The Kier molecular flexibility index (Phi) is 6.07. The van der Waals surface area contributed by atoms with E-state index in [1.54, 1.807) is 42.5 Å². The van der Waals surface area contributed by atoms with Gasteiger partial charge in [-0.15, -0.1) is 0 Å². The molecular formula is C26H20Cl2N2O3. The molecule has 0 saturated carbocycles. The fourth-order valence-corrected chi connectivity index (χ4v) is 3.81. The minimum Gasteiger partial charge on any atom is -0.456 e. The van der Waals surface area contributed by atoms with Crippen molar-refractivity contribution in [3.63, 3.8) is 0 Å². The number of nitrogens with zero attached hydrogens (tertiary/aromatic N) is 2. The molecule has 1 aromatic heterocycles. The van der Waals surface area contributed by atoms with Crippen molar-refractivity contribution >= 4 is 40.2 Å². The first kappa shape index (κ1) is 22.7. The highest BCUT2D eigenvalue weighted by molar-refractivity contribution is 6.35. The molecule has 5 nitrogen and oxygen atoms in total. The zero-order chi connectivity index (χ0) is 23.8. The maximum absolute atomic E-state index is 13.1. The zero-order valence-electron chi connectivity index (χ0n) is 18.2. The van der Waals surface area contributed by atoms with Crippen LogP contribution in [-0.2, 0) is 4.74 Å². The number of benzene rings is 3. The van der Waals surface area contributed by atoms with Crippen LogP contribution in [0, 0.1) is 11.3 Å². The van der Waals surface area contributed by atoms with Crippen LogP contribution in [0.1, 0.15) is 26.3 Å². The van der Waals surface area contributed by atoms with Crippen molar-refractivity contribution in [1.29, 1.82) is 5.26 Å². The van der Waals surface area contributed by atoms with Gasteiger partial charge in [0, 0.05) is 10.4 Å². The lowest BCUT2D eigenvalue weighted by Gasteiger charge is -2.21. The summed E-state index contributed by atoms with van der Waals surface area (Å²) in [5.74, 6) is 1.07. The van der Waals surface area contributed by atoms with Crippen LogP contribution in [0.2, 0.25) is 10.0 Å². The Morgan fingerprint density at radius 2 is 1.70 bits per heavy atom. The van der Waals surface area contributed by atoms with E-state index in [0.717, 1.165) is 10.9 Å². The van der Waals surface area contributed by atoms with Crippen LogP contribution < -0.4 is 4.74 Å². The molecule has 0 saturated heterocycles. The average Bonchev–Trinajstić information content (AvgIpc) is 3.13. The van der Waals surface area contributed by atoms with Gasteiger partial charge in [-0.25, -0.2) is 9.36 Å². The van der Waals surface area contributed by atoms with Crippen molar-refractivity contribution in [2.75, 3.05) is 0 Å². The molecule has 33 heavy (non-hydrogen) atoms. The minimum atomic E-state index is -0.673. The monoisotopic (exact) mass is 478 g/mol. The molecule has 7 heteroatoms. The molecule has 0 N–H and O–H groups in total. The fourth-order valence-electron chi connectivity index (χ4n) is 3.37. The number of halogens is 2. The van der Waals surface area contributed by atoms with Gasteiger partial charge in [-0.1, -0.05) is 29.3 Å². The Morgan fingerprint density at radius 1 is 0.970 bits per heavy atom. The molecule has 0 aliphatic heterocycles. The van der Waals surface area contributed by atoms with Crippen molar-refractivity contribution in [3.8, 4) is 28.8 Å². The van der Waals surface area contributed by atoms with E-state index in [-0.39, 0.29) is 0 Å². The predicted octanol–water partition coefficient (Wildman–Crippen LogP) is 8.06. The van der Waals surface area contributed by atoms with E-state index in [9.17, 15) is 10.1 Å². The van der Waals surface area contributed by atoms with Crippen molar-refractivity contribution in [2.45, 2.75) is 26.4 Å². The third kappa shape index (κ3) is 4.98. The van der Waals surface area contributed by atoms with Gasteiger partial charge in [0.1, 0.15) is 17.1 Å². The third-order valence-electron chi connectivity index (χ3n) is 4.78. The van der Waals surface area contributed by atoms with E-state index in [0.29, 0.717) is 38.3 Å². The largest absolute Gasteiger partial charge is 0.456 e. The third-order valence-corrected chi connectivity index (χ3v) is 5.31. The molecule has 0 aliphatic rings. The van der Waals surface area contributed by atoms with Gasteiger partial charge < -0.3 is 9.47 Å². The maximum atomic E-state index is 13.1. The molecule has 0 spiro atoms. The summed E-state index contributed by atoms with van der Waals surface area (Å²) in [7, 11) is 0. The summed E-state index contributed by atoms with van der Waals surface area (Å²) in [6, 6.07) is 21.5. The number of carbonyl (C=O) groups is 1. The lowest BCUT2D eigenvalue weighted by atomic mass is 10.1. The Labute approximate surface area is 201 Å². The van der Waals surface area contributed by atoms with Crippen molar-refractivity contribution in [2.24, 2.45) is 0 Å². The highest BCUT2D eigenvalue weighted by Crippen LogP contribution is 2.34. The van der Waals surface area contributed by atoms with Crippen LogP contribution in [-0.4, -0.2) is 16.3 Å². The lowest BCUT2D eigenvalue weighted by Crippen LogP contribution is -2.27. The SMILES string of the molecule is CC(C)(C)OC(=O)n1c(-c2ccc(Oc3ccc(Cl)cc3Cl)cc2)cc2ccc(C#N)cc21. The molecule has 1 heterocycles. The van der Waals surface area contributed by atoms with Gasteiger partial charge in [-0.2, -0.15) is 5.26 Å². The minimum absolute atomic E-state index is 0.407. The molecule has 0 amide bonds. The van der Waals surface area contributed by atoms with Crippen molar-refractivity contribution < 1.29 is 14.3 Å². The summed E-state index contributed by atoms with van der Waals surface area (Å²) >= 11 is 12.1. The molecule has 0 fully saturated rings. The van der Waals surface area contributed by atoms with E-state index < -0.39 is 11.7 Å². The molecular weight excluding hydrogens is 459 g/mol. The molecule has 0 unspecified atom stereocenters. The van der Waals surface area contributed by atoms with E-state index in [1.807, 2.05) is 45.0 Å². The topological polar surface area (TPSA) is 64.2 Å². The summed E-state index contributed by atoms with van der Waals surface area (Å²) in [6.07, 6.45) is -0.518. The first-order valence-corrected chi connectivity index (χ1v) is 10.9. The first-order valence-electron chi connectivity index (χ1n) is 10.2. The number of hydrogen-bond donors (Lipinski definition) is 0. The van der Waals surface area contributed by atoms with Crippen LogP contribution in [0.15, 0.2) is 66.7 Å². The normalized spacial score (nSPS) is 11.3. The lowest BCUT2D eigenvalue weighted by molar-refractivity contribution is 0.0547. The second-order valence-electron chi connectivity index (χ2n) is 8.43. The Hall–Kier alpha value is -3.46. The molecule has 0 atom stereocenters. The molecule has 0 bridgehead atoms. The van der Waals surface area contributed by atoms with Crippen molar-refractivity contribution in [3.05, 3.63) is 82.3 Å². The number of rotatable bonds is 3. The Bertz CT molecular complexity index is 1390. The van der Waals surface area contributed by atoms with E-state index in [1.165, 1.54) is 4.57 Å². The van der Waals surface area contributed by atoms with Gasteiger partial charge in [0.25, 0.3) is 0 Å². The van der Waals surface area contributed by atoms with Crippen LogP contribution >= 0.6 is 23.2 Å². The molecule has 166 valence electrons. The zero-order valence-corrected chi connectivity index (χ0v) is 19.7. The summed E-state index contributed by atoms with van der Waals surface area (Å²) in [6.45, 7) is 5.43. The number of aromatic nitrogens is 1. The van der Waals surface area contributed by atoms with Crippen LogP contribution in [0.25, 0.3) is 22.2 Å². The second kappa shape index (κ2) is 8.82. The quantitative estimate of drug-likeness (QED) is 0.298. The number of nitriles is 1. The van der Waals surface area contributed by atoms with E-state index in [2.05, 4.69) is 6.07 Å². The highest BCUT2D eigenvalue weighted by Gasteiger charge is 2.23. The smallest absolute Gasteiger partial charge is 0.419 e.